The average molecular weight is 414 g/mol. The van der Waals surface area contributed by atoms with Crippen LogP contribution in [0.3, 0.4) is 0 Å². The molecule has 1 atom stereocenters. The van der Waals surface area contributed by atoms with Crippen molar-refractivity contribution in [3.05, 3.63) is 88.6 Å². The first-order valence-electron chi connectivity index (χ1n) is 9.85. The number of nitrogens with one attached hydrogen (secondary N) is 2. The summed E-state index contributed by atoms with van der Waals surface area (Å²) in [7, 11) is 0. The van der Waals surface area contributed by atoms with E-state index in [0.29, 0.717) is 28.1 Å². The molecule has 0 saturated carbocycles. The van der Waals surface area contributed by atoms with Crippen LogP contribution in [0.25, 0.3) is 27.6 Å². The van der Waals surface area contributed by atoms with Crippen LogP contribution in [0.4, 0.5) is 10.2 Å². The van der Waals surface area contributed by atoms with Crippen LogP contribution in [0.2, 0.25) is 0 Å². The van der Waals surface area contributed by atoms with Crippen LogP contribution in [-0.4, -0.2) is 24.5 Å². The SMILES string of the molecule is Cc1cccc2cc([C@@H](C)Nc3ncnc4nc[nH]c34)n(-c3ccc(F)cc3)c(=O)c12. The van der Waals surface area contributed by atoms with E-state index in [1.165, 1.54) is 18.5 Å². The lowest BCUT2D eigenvalue weighted by Gasteiger charge is -2.22. The molecule has 2 N–H and O–H groups in total. The molecule has 0 aliphatic carbocycles. The molecule has 0 aliphatic rings. The zero-order chi connectivity index (χ0) is 21.5. The quantitative estimate of drug-likeness (QED) is 0.458. The van der Waals surface area contributed by atoms with Crippen molar-refractivity contribution < 1.29 is 4.39 Å². The third kappa shape index (κ3) is 3.22. The highest BCUT2D eigenvalue weighted by Gasteiger charge is 2.19. The molecule has 3 aromatic heterocycles. The zero-order valence-corrected chi connectivity index (χ0v) is 16.9. The van der Waals surface area contributed by atoms with Crippen molar-refractivity contribution >= 4 is 27.8 Å². The smallest absolute Gasteiger partial charge is 0.263 e. The minimum atomic E-state index is -0.357. The molecular formula is C23H19FN6O. The van der Waals surface area contributed by atoms with E-state index >= 15 is 0 Å². The van der Waals surface area contributed by atoms with Gasteiger partial charge in [0.05, 0.1) is 17.8 Å². The predicted molar refractivity (Wildman–Crippen MR) is 118 cm³/mol. The van der Waals surface area contributed by atoms with Crippen molar-refractivity contribution in [1.29, 1.82) is 0 Å². The van der Waals surface area contributed by atoms with Gasteiger partial charge in [-0.1, -0.05) is 18.2 Å². The van der Waals surface area contributed by atoms with E-state index < -0.39 is 0 Å². The van der Waals surface area contributed by atoms with Gasteiger partial charge in [0.15, 0.2) is 11.5 Å². The van der Waals surface area contributed by atoms with E-state index in [1.54, 1.807) is 23.0 Å². The van der Waals surface area contributed by atoms with Gasteiger partial charge in [-0.05, 0) is 55.1 Å². The molecule has 0 unspecified atom stereocenters. The molecule has 3 heterocycles. The van der Waals surface area contributed by atoms with E-state index in [-0.39, 0.29) is 17.4 Å². The molecule has 31 heavy (non-hydrogen) atoms. The number of benzene rings is 2. The Morgan fingerprint density at radius 1 is 1.10 bits per heavy atom. The van der Waals surface area contributed by atoms with Crippen molar-refractivity contribution in [2.75, 3.05) is 5.32 Å². The molecule has 154 valence electrons. The van der Waals surface area contributed by atoms with E-state index in [1.807, 2.05) is 38.1 Å². The van der Waals surface area contributed by atoms with Crippen molar-refractivity contribution in [3.8, 4) is 5.69 Å². The largest absolute Gasteiger partial charge is 0.360 e. The average Bonchev–Trinajstić information content (AvgIpc) is 3.24. The predicted octanol–water partition coefficient (Wildman–Crippen LogP) is 4.28. The number of imidazole rings is 1. The number of aromatic nitrogens is 5. The van der Waals surface area contributed by atoms with E-state index in [0.717, 1.165) is 16.6 Å². The monoisotopic (exact) mass is 414 g/mol. The number of fused-ring (bicyclic) bond motifs is 2. The Kier molecular flexibility index (Phi) is 4.47. The van der Waals surface area contributed by atoms with Crippen LogP contribution in [0.15, 0.2) is 66.0 Å². The summed E-state index contributed by atoms with van der Waals surface area (Å²) in [5, 5.41) is 4.85. The molecule has 0 bridgehead atoms. The summed E-state index contributed by atoms with van der Waals surface area (Å²) in [5.41, 5.74) is 3.28. The first-order valence-corrected chi connectivity index (χ1v) is 9.85. The minimum Gasteiger partial charge on any atom is -0.360 e. The lowest BCUT2D eigenvalue weighted by molar-refractivity contribution is 0.627. The summed E-state index contributed by atoms with van der Waals surface area (Å²) in [6, 6.07) is 13.4. The van der Waals surface area contributed by atoms with Gasteiger partial charge >= 0.3 is 0 Å². The van der Waals surface area contributed by atoms with Gasteiger partial charge in [0.1, 0.15) is 17.7 Å². The molecule has 8 heteroatoms. The Labute approximate surface area is 176 Å². The van der Waals surface area contributed by atoms with Crippen molar-refractivity contribution in [3.63, 3.8) is 0 Å². The molecule has 0 aliphatic heterocycles. The van der Waals surface area contributed by atoms with Gasteiger partial charge in [0.25, 0.3) is 5.56 Å². The highest BCUT2D eigenvalue weighted by Crippen LogP contribution is 2.26. The number of anilines is 1. The Morgan fingerprint density at radius 3 is 2.71 bits per heavy atom. The maximum absolute atomic E-state index is 13.6. The van der Waals surface area contributed by atoms with Gasteiger partial charge in [-0.15, -0.1) is 0 Å². The fourth-order valence-electron chi connectivity index (χ4n) is 3.88. The molecule has 5 rings (SSSR count). The summed E-state index contributed by atoms with van der Waals surface area (Å²) in [4.78, 5) is 29.2. The van der Waals surface area contributed by atoms with Crippen molar-refractivity contribution in [2.45, 2.75) is 19.9 Å². The van der Waals surface area contributed by atoms with Crippen LogP contribution < -0.4 is 10.9 Å². The molecule has 0 amide bonds. The fraction of sp³-hybridized carbons (Fsp3) is 0.130. The Bertz CT molecular complexity index is 1470. The second-order valence-corrected chi connectivity index (χ2v) is 7.41. The second-order valence-electron chi connectivity index (χ2n) is 7.41. The molecule has 0 spiro atoms. The van der Waals surface area contributed by atoms with Crippen molar-refractivity contribution in [1.82, 2.24) is 24.5 Å². The molecule has 0 fully saturated rings. The van der Waals surface area contributed by atoms with Gasteiger partial charge in [-0.2, -0.15) is 0 Å². The minimum absolute atomic E-state index is 0.153. The lowest BCUT2D eigenvalue weighted by atomic mass is 10.0. The Balaban J connectivity index is 1.71. The number of hydrogen-bond acceptors (Lipinski definition) is 5. The van der Waals surface area contributed by atoms with Gasteiger partial charge in [-0.25, -0.2) is 19.3 Å². The van der Waals surface area contributed by atoms with Crippen LogP contribution in [0.5, 0.6) is 0 Å². The lowest BCUT2D eigenvalue weighted by Crippen LogP contribution is -2.26. The topological polar surface area (TPSA) is 88.5 Å². The van der Waals surface area contributed by atoms with Gasteiger partial charge < -0.3 is 10.3 Å². The summed E-state index contributed by atoms with van der Waals surface area (Å²) >= 11 is 0. The molecule has 7 nitrogen and oxygen atoms in total. The summed E-state index contributed by atoms with van der Waals surface area (Å²) in [6.07, 6.45) is 3.00. The van der Waals surface area contributed by atoms with Crippen LogP contribution >= 0.6 is 0 Å². The molecule has 0 radical (unpaired) electrons. The number of aryl methyl sites for hydroxylation is 1. The third-order valence-corrected chi connectivity index (χ3v) is 5.39. The Morgan fingerprint density at radius 2 is 1.90 bits per heavy atom. The normalized spacial score (nSPS) is 12.4. The number of H-pyrrole nitrogens is 1. The maximum atomic E-state index is 13.6. The van der Waals surface area contributed by atoms with E-state index in [2.05, 4.69) is 25.3 Å². The highest BCUT2D eigenvalue weighted by molar-refractivity contribution is 5.86. The number of rotatable bonds is 4. The highest BCUT2D eigenvalue weighted by atomic mass is 19.1. The number of nitrogens with zero attached hydrogens (tertiary/aromatic N) is 4. The van der Waals surface area contributed by atoms with E-state index in [9.17, 15) is 9.18 Å². The van der Waals surface area contributed by atoms with Gasteiger partial charge in [-0.3, -0.25) is 9.36 Å². The van der Waals surface area contributed by atoms with Crippen LogP contribution in [0.1, 0.15) is 24.2 Å². The Hall–Kier alpha value is -4.07. The number of halogens is 1. The third-order valence-electron chi connectivity index (χ3n) is 5.39. The number of pyridine rings is 1. The second kappa shape index (κ2) is 7.32. The molecule has 0 saturated heterocycles. The van der Waals surface area contributed by atoms with E-state index in [4.69, 9.17) is 0 Å². The molecule has 5 aromatic rings. The summed E-state index contributed by atoms with van der Waals surface area (Å²) in [5.74, 6) is 0.224. The molecule has 2 aromatic carbocycles. The first-order chi connectivity index (χ1) is 15.0. The van der Waals surface area contributed by atoms with Crippen molar-refractivity contribution in [2.24, 2.45) is 0 Å². The van der Waals surface area contributed by atoms with Crippen LogP contribution in [0, 0.1) is 12.7 Å². The van der Waals surface area contributed by atoms with Gasteiger partial charge in [0, 0.05) is 11.4 Å². The zero-order valence-electron chi connectivity index (χ0n) is 16.9. The van der Waals surface area contributed by atoms with Gasteiger partial charge in [0.2, 0.25) is 0 Å². The fourth-order valence-corrected chi connectivity index (χ4v) is 3.88. The summed E-state index contributed by atoms with van der Waals surface area (Å²) in [6.45, 7) is 3.86. The summed E-state index contributed by atoms with van der Waals surface area (Å²) < 4.78 is 15.2. The maximum Gasteiger partial charge on any atom is 0.263 e. The molecular weight excluding hydrogens is 395 g/mol. The number of hydrogen-bond donors (Lipinski definition) is 2. The standard InChI is InChI=1S/C23H19FN6O/c1-13-4-3-5-15-10-18(14(2)29-22-20-21(26-11-25-20)27-12-28-22)30(23(31)19(13)15)17-8-6-16(24)7-9-17/h3-12,14H,1-2H3,(H2,25,26,27,28,29)/t14-/m1/s1. The number of aromatic amines is 1. The van der Waals surface area contributed by atoms with Crippen LogP contribution in [-0.2, 0) is 0 Å². The first kappa shape index (κ1) is 18.9.